The number of hydrogen-bond donors (Lipinski definition) is 1. The van der Waals surface area contributed by atoms with Gasteiger partial charge < -0.3 is 5.32 Å². The number of nitrogens with one attached hydrogen (secondary N) is 1. The normalized spacial score (nSPS) is 11.6. The van der Waals surface area contributed by atoms with Crippen molar-refractivity contribution in [1.29, 1.82) is 0 Å². The predicted octanol–water partition coefficient (Wildman–Crippen LogP) is 6.80. The van der Waals surface area contributed by atoms with Crippen LogP contribution in [0.25, 0.3) is 0 Å². The molecule has 1 aromatic carbocycles. The highest BCUT2D eigenvalue weighted by Gasteiger charge is 2.22. The standard InChI is InChI=1S/C20H35N/c1-4-6-8-13-17-20(3,18-14-9-7-5-2)21-19-15-11-10-12-16-19/h10-12,15-16,21H,4-9,13-14,17-18H2,1-3H3. The van der Waals surface area contributed by atoms with Gasteiger partial charge in [0.2, 0.25) is 0 Å². The molecule has 0 fully saturated rings. The summed E-state index contributed by atoms with van der Waals surface area (Å²) in [7, 11) is 0. The summed E-state index contributed by atoms with van der Waals surface area (Å²) in [5, 5.41) is 3.81. The van der Waals surface area contributed by atoms with Crippen molar-refractivity contribution in [3.05, 3.63) is 30.3 Å². The lowest BCUT2D eigenvalue weighted by Gasteiger charge is -2.32. The van der Waals surface area contributed by atoms with Crippen molar-refractivity contribution in [1.82, 2.24) is 0 Å². The van der Waals surface area contributed by atoms with Gasteiger partial charge in [-0.05, 0) is 31.9 Å². The Morgan fingerprint density at radius 1 is 0.762 bits per heavy atom. The minimum atomic E-state index is 0.253. The van der Waals surface area contributed by atoms with Crippen LogP contribution >= 0.6 is 0 Å². The summed E-state index contributed by atoms with van der Waals surface area (Å²) in [5.74, 6) is 0. The molecular weight excluding hydrogens is 254 g/mol. The molecule has 0 aliphatic rings. The van der Waals surface area contributed by atoms with Gasteiger partial charge in [0.25, 0.3) is 0 Å². The molecule has 1 heteroatoms. The Balaban J connectivity index is 2.50. The summed E-state index contributed by atoms with van der Waals surface area (Å²) >= 11 is 0. The van der Waals surface area contributed by atoms with Gasteiger partial charge in [-0.2, -0.15) is 0 Å². The van der Waals surface area contributed by atoms with E-state index in [1.807, 2.05) is 0 Å². The van der Waals surface area contributed by atoms with Gasteiger partial charge in [-0.25, -0.2) is 0 Å². The third-order valence-electron chi connectivity index (χ3n) is 4.38. The van der Waals surface area contributed by atoms with Crippen LogP contribution in [-0.2, 0) is 0 Å². The van der Waals surface area contributed by atoms with Crippen LogP contribution in [0.3, 0.4) is 0 Å². The number of unbranched alkanes of at least 4 members (excludes halogenated alkanes) is 6. The van der Waals surface area contributed by atoms with Crippen molar-refractivity contribution in [3.8, 4) is 0 Å². The Kier molecular flexibility index (Phi) is 9.21. The number of benzene rings is 1. The quantitative estimate of drug-likeness (QED) is 0.417. The second-order valence-corrected chi connectivity index (χ2v) is 6.67. The Hall–Kier alpha value is -0.980. The topological polar surface area (TPSA) is 12.0 Å². The van der Waals surface area contributed by atoms with E-state index in [9.17, 15) is 0 Å². The van der Waals surface area contributed by atoms with Crippen LogP contribution in [0, 0.1) is 0 Å². The minimum absolute atomic E-state index is 0.253. The van der Waals surface area contributed by atoms with Gasteiger partial charge in [0.1, 0.15) is 0 Å². The Morgan fingerprint density at radius 2 is 1.29 bits per heavy atom. The highest BCUT2D eigenvalue weighted by Crippen LogP contribution is 2.27. The molecule has 0 amide bonds. The third kappa shape index (κ3) is 8.14. The molecule has 1 nitrogen and oxygen atoms in total. The van der Waals surface area contributed by atoms with Crippen LogP contribution in [0.4, 0.5) is 5.69 Å². The summed E-state index contributed by atoms with van der Waals surface area (Å²) in [6.45, 7) is 6.98. The molecule has 1 rings (SSSR count). The molecule has 1 N–H and O–H groups in total. The smallest absolute Gasteiger partial charge is 0.0345 e. The van der Waals surface area contributed by atoms with Crippen LogP contribution in [-0.4, -0.2) is 5.54 Å². The monoisotopic (exact) mass is 289 g/mol. The largest absolute Gasteiger partial charge is 0.380 e. The first-order valence-electron chi connectivity index (χ1n) is 9.03. The first-order chi connectivity index (χ1) is 10.2. The number of rotatable bonds is 12. The third-order valence-corrected chi connectivity index (χ3v) is 4.38. The molecule has 0 heterocycles. The lowest BCUT2D eigenvalue weighted by atomic mass is 9.87. The molecule has 21 heavy (non-hydrogen) atoms. The number of anilines is 1. The van der Waals surface area contributed by atoms with E-state index in [0.29, 0.717) is 0 Å². The fourth-order valence-corrected chi connectivity index (χ4v) is 3.00. The highest BCUT2D eigenvalue weighted by atomic mass is 15.0. The van der Waals surface area contributed by atoms with E-state index in [4.69, 9.17) is 0 Å². The van der Waals surface area contributed by atoms with E-state index in [1.54, 1.807) is 0 Å². The molecular formula is C20H35N. The molecule has 0 bridgehead atoms. The Morgan fingerprint density at radius 3 is 1.76 bits per heavy atom. The van der Waals surface area contributed by atoms with Gasteiger partial charge in [-0.3, -0.25) is 0 Å². The van der Waals surface area contributed by atoms with Crippen LogP contribution in [0.5, 0.6) is 0 Å². The molecule has 0 aliphatic heterocycles. The van der Waals surface area contributed by atoms with Crippen molar-refractivity contribution in [2.45, 2.75) is 90.5 Å². The highest BCUT2D eigenvalue weighted by molar-refractivity contribution is 5.44. The first-order valence-corrected chi connectivity index (χ1v) is 9.03. The summed E-state index contributed by atoms with van der Waals surface area (Å²) in [5.41, 5.74) is 1.52. The van der Waals surface area contributed by atoms with E-state index < -0.39 is 0 Å². The summed E-state index contributed by atoms with van der Waals surface area (Å²) < 4.78 is 0. The van der Waals surface area contributed by atoms with Crippen molar-refractivity contribution in [3.63, 3.8) is 0 Å². The summed E-state index contributed by atoms with van der Waals surface area (Å²) in [6, 6.07) is 10.7. The Labute approximate surface area is 132 Å². The van der Waals surface area contributed by atoms with Crippen molar-refractivity contribution >= 4 is 5.69 Å². The number of para-hydroxylation sites is 1. The summed E-state index contributed by atoms with van der Waals surface area (Å²) in [4.78, 5) is 0. The maximum Gasteiger partial charge on any atom is 0.0345 e. The number of hydrogen-bond acceptors (Lipinski definition) is 1. The molecule has 0 saturated carbocycles. The van der Waals surface area contributed by atoms with Gasteiger partial charge >= 0.3 is 0 Å². The molecule has 0 unspecified atom stereocenters. The van der Waals surface area contributed by atoms with Gasteiger partial charge in [0.05, 0.1) is 0 Å². The van der Waals surface area contributed by atoms with Gasteiger partial charge in [-0.1, -0.05) is 83.4 Å². The van der Waals surface area contributed by atoms with Crippen LogP contribution in [0.2, 0.25) is 0 Å². The lowest BCUT2D eigenvalue weighted by molar-refractivity contribution is 0.395. The van der Waals surface area contributed by atoms with Gasteiger partial charge in [-0.15, -0.1) is 0 Å². The van der Waals surface area contributed by atoms with Crippen LogP contribution in [0.1, 0.15) is 85.0 Å². The first kappa shape index (κ1) is 18.1. The fourth-order valence-electron chi connectivity index (χ4n) is 3.00. The zero-order chi connectivity index (χ0) is 15.4. The summed E-state index contributed by atoms with van der Waals surface area (Å²) in [6.07, 6.45) is 13.4. The zero-order valence-electron chi connectivity index (χ0n) is 14.5. The van der Waals surface area contributed by atoms with E-state index in [-0.39, 0.29) is 5.54 Å². The van der Waals surface area contributed by atoms with E-state index >= 15 is 0 Å². The van der Waals surface area contributed by atoms with Crippen LogP contribution in [0.15, 0.2) is 30.3 Å². The van der Waals surface area contributed by atoms with E-state index in [1.165, 1.54) is 69.9 Å². The Bertz CT molecular complexity index is 332. The molecule has 0 radical (unpaired) electrons. The second-order valence-electron chi connectivity index (χ2n) is 6.67. The minimum Gasteiger partial charge on any atom is -0.380 e. The van der Waals surface area contributed by atoms with Crippen molar-refractivity contribution in [2.75, 3.05) is 5.32 Å². The SMILES string of the molecule is CCCCCCC(C)(CCCCCC)Nc1ccccc1. The average molecular weight is 290 g/mol. The maximum atomic E-state index is 3.81. The average Bonchev–Trinajstić information content (AvgIpc) is 2.49. The molecule has 0 spiro atoms. The van der Waals surface area contributed by atoms with Gasteiger partial charge in [0, 0.05) is 11.2 Å². The second kappa shape index (κ2) is 10.7. The predicted molar refractivity (Wildman–Crippen MR) is 96.0 cm³/mol. The maximum absolute atomic E-state index is 3.81. The van der Waals surface area contributed by atoms with Crippen molar-refractivity contribution < 1.29 is 0 Å². The molecule has 1 aromatic rings. The molecule has 120 valence electrons. The lowest BCUT2D eigenvalue weighted by Crippen LogP contribution is -2.34. The van der Waals surface area contributed by atoms with E-state index in [2.05, 4.69) is 56.4 Å². The molecule has 0 aromatic heterocycles. The van der Waals surface area contributed by atoms with Crippen molar-refractivity contribution in [2.24, 2.45) is 0 Å². The molecule has 0 atom stereocenters. The fraction of sp³-hybridized carbons (Fsp3) is 0.700. The molecule has 0 aliphatic carbocycles. The zero-order valence-corrected chi connectivity index (χ0v) is 14.5. The van der Waals surface area contributed by atoms with Gasteiger partial charge in [0.15, 0.2) is 0 Å². The van der Waals surface area contributed by atoms with E-state index in [0.717, 1.165) is 0 Å². The van der Waals surface area contributed by atoms with Crippen LogP contribution < -0.4 is 5.32 Å². The molecule has 0 saturated heterocycles.